The van der Waals surface area contributed by atoms with E-state index in [-0.39, 0.29) is 29.6 Å². The summed E-state index contributed by atoms with van der Waals surface area (Å²) in [5.74, 6) is 0.247. The Morgan fingerprint density at radius 2 is 1.85 bits per heavy atom. The van der Waals surface area contributed by atoms with Gasteiger partial charge < -0.3 is 4.74 Å². The van der Waals surface area contributed by atoms with Gasteiger partial charge in [0.2, 0.25) is 11.8 Å². The average molecular weight is 271 g/mol. The van der Waals surface area contributed by atoms with Gasteiger partial charge in [-0.05, 0) is 36.6 Å². The molecule has 1 heterocycles. The van der Waals surface area contributed by atoms with E-state index in [2.05, 4.69) is 0 Å². The fourth-order valence-electron chi connectivity index (χ4n) is 3.13. The van der Waals surface area contributed by atoms with Crippen molar-refractivity contribution >= 4 is 17.5 Å². The van der Waals surface area contributed by atoms with Crippen LogP contribution in [0.25, 0.3) is 0 Å². The van der Waals surface area contributed by atoms with Crippen LogP contribution in [0.5, 0.6) is 5.75 Å². The minimum absolute atomic E-state index is 0.0815. The number of ether oxygens (including phenoxy) is 1. The van der Waals surface area contributed by atoms with E-state index < -0.39 is 0 Å². The quantitative estimate of drug-likeness (QED) is 0.613. The summed E-state index contributed by atoms with van der Waals surface area (Å²) in [7, 11) is 1.59. The van der Waals surface area contributed by atoms with Crippen molar-refractivity contribution in [2.75, 3.05) is 12.0 Å². The predicted octanol–water partition coefficient (Wildman–Crippen LogP) is 2.40. The highest BCUT2D eigenvalue weighted by molar-refractivity contribution is 6.22. The maximum atomic E-state index is 12.6. The molecular formula is C16H17NO3. The van der Waals surface area contributed by atoms with Crippen LogP contribution < -0.4 is 9.64 Å². The Morgan fingerprint density at radius 3 is 2.45 bits per heavy atom. The van der Waals surface area contributed by atoms with Crippen LogP contribution in [0.1, 0.15) is 13.3 Å². The minimum atomic E-state index is -0.213. The number of carbonyl (C=O) groups is 2. The number of methoxy groups -OCH3 is 1. The largest absolute Gasteiger partial charge is 0.497 e. The standard InChI is InChI=1S/C16H17NO3/c1-10-4-3-5-13-14(10)16(19)17(15(13)18)11-6-8-12(20-2)9-7-11/h3-4,6-10,13-14H,5H2,1-2H3. The maximum absolute atomic E-state index is 12.6. The molecule has 2 amide bonds. The van der Waals surface area contributed by atoms with Gasteiger partial charge in [-0.25, -0.2) is 0 Å². The Kier molecular flexibility index (Phi) is 3.08. The number of anilines is 1. The molecule has 3 rings (SSSR count). The predicted molar refractivity (Wildman–Crippen MR) is 75.4 cm³/mol. The van der Waals surface area contributed by atoms with Crippen molar-refractivity contribution in [2.24, 2.45) is 17.8 Å². The molecule has 0 spiro atoms. The summed E-state index contributed by atoms with van der Waals surface area (Å²) in [6, 6.07) is 7.03. The molecule has 1 saturated heterocycles. The van der Waals surface area contributed by atoms with Gasteiger partial charge in [0.25, 0.3) is 0 Å². The molecule has 0 radical (unpaired) electrons. The Labute approximate surface area is 118 Å². The third-order valence-electron chi connectivity index (χ3n) is 4.20. The van der Waals surface area contributed by atoms with E-state index in [1.807, 2.05) is 19.1 Å². The molecule has 1 aromatic rings. The van der Waals surface area contributed by atoms with Crippen LogP contribution in [0, 0.1) is 17.8 Å². The van der Waals surface area contributed by atoms with Crippen LogP contribution >= 0.6 is 0 Å². The SMILES string of the molecule is COc1ccc(N2C(=O)C3CC=CC(C)C3C2=O)cc1. The van der Waals surface area contributed by atoms with Gasteiger partial charge in [-0.2, -0.15) is 0 Å². The van der Waals surface area contributed by atoms with E-state index in [1.165, 1.54) is 4.90 Å². The number of fused-ring (bicyclic) bond motifs is 1. The lowest BCUT2D eigenvalue weighted by Crippen LogP contribution is -2.31. The van der Waals surface area contributed by atoms with Crippen LogP contribution in [-0.2, 0) is 9.59 Å². The molecular weight excluding hydrogens is 254 g/mol. The summed E-state index contributed by atoms with van der Waals surface area (Å²) in [5, 5.41) is 0. The molecule has 1 aliphatic carbocycles. The lowest BCUT2D eigenvalue weighted by Gasteiger charge is -2.22. The molecule has 20 heavy (non-hydrogen) atoms. The van der Waals surface area contributed by atoms with Crippen molar-refractivity contribution in [1.29, 1.82) is 0 Å². The molecule has 1 aromatic carbocycles. The minimum Gasteiger partial charge on any atom is -0.497 e. The summed E-state index contributed by atoms with van der Waals surface area (Å²) in [5.41, 5.74) is 0.627. The summed E-state index contributed by atoms with van der Waals surface area (Å²) in [4.78, 5) is 26.4. The fraction of sp³-hybridized carbons (Fsp3) is 0.375. The van der Waals surface area contributed by atoms with Gasteiger partial charge in [-0.3, -0.25) is 14.5 Å². The zero-order valence-corrected chi connectivity index (χ0v) is 11.6. The van der Waals surface area contributed by atoms with E-state index in [1.54, 1.807) is 31.4 Å². The molecule has 3 unspecified atom stereocenters. The summed E-state index contributed by atoms with van der Waals surface area (Å²) >= 11 is 0. The number of carbonyl (C=O) groups excluding carboxylic acids is 2. The lowest BCUT2D eigenvalue weighted by molar-refractivity contribution is -0.122. The smallest absolute Gasteiger partial charge is 0.238 e. The number of hydrogen-bond donors (Lipinski definition) is 0. The van der Waals surface area contributed by atoms with Gasteiger partial charge in [-0.15, -0.1) is 0 Å². The monoisotopic (exact) mass is 271 g/mol. The fourth-order valence-corrected chi connectivity index (χ4v) is 3.13. The number of nitrogens with zero attached hydrogens (tertiary/aromatic N) is 1. The molecule has 0 aromatic heterocycles. The molecule has 0 N–H and O–H groups in total. The number of benzene rings is 1. The summed E-state index contributed by atoms with van der Waals surface area (Å²) < 4.78 is 5.10. The van der Waals surface area contributed by atoms with E-state index in [4.69, 9.17) is 4.74 Å². The molecule has 0 saturated carbocycles. The first-order valence-corrected chi connectivity index (χ1v) is 6.82. The molecule has 1 fully saturated rings. The second-order valence-electron chi connectivity index (χ2n) is 5.37. The van der Waals surface area contributed by atoms with Gasteiger partial charge in [0, 0.05) is 0 Å². The number of rotatable bonds is 2. The maximum Gasteiger partial charge on any atom is 0.238 e. The van der Waals surface area contributed by atoms with E-state index in [0.717, 1.165) is 0 Å². The molecule has 4 heteroatoms. The van der Waals surface area contributed by atoms with E-state index in [9.17, 15) is 9.59 Å². The van der Waals surface area contributed by atoms with Crippen LogP contribution in [0.4, 0.5) is 5.69 Å². The van der Waals surface area contributed by atoms with Crippen molar-refractivity contribution < 1.29 is 14.3 Å². The summed E-state index contributed by atoms with van der Waals surface area (Å²) in [6.07, 6.45) is 4.70. The second-order valence-corrected chi connectivity index (χ2v) is 5.37. The van der Waals surface area contributed by atoms with Gasteiger partial charge in [0.1, 0.15) is 5.75 Å². The third-order valence-corrected chi connectivity index (χ3v) is 4.20. The van der Waals surface area contributed by atoms with Gasteiger partial charge >= 0.3 is 0 Å². The van der Waals surface area contributed by atoms with E-state index >= 15 is 0 Å². The Balaban J connectivity index is 1.94. The van der Waals surface area contributed by atoms with Gasteiger partial charge in [0.15, 0.2) is 0 Å². The first kappa shape index (κ1) is 12.9. The van der Waals surface area contributed by atoms with Gasteiger partial charge in [-0.1, -0.05) is 19.1 Å². The number of imide groups is 1. The molecule has 104 valence electrons. The zero-order chi connectivity index (χ0) is 14.3. The second kappa shape index (κ2) is 4.78. The number of amides is 2. The first-order chi connectivity index (χ1) is 9.63. The average Bonchev–Trinajstić information content (AvgIpc) is 2.72. The molecule has 4 nitrogen and oxygen atoms in total. The van der Waals surface area contributed by atoms with Gasteiger partial charge in [0.05, 0.1) is 24.6 Å². The summed E-state index contributed by atoms with van der Waals surface area (Å²) in [6.45, 7) is 2.00. The highest BCUT2D eigenvalue weighted by Gasteiger charge is 2.50. The van der Waals surface area contributed by atoms with Crippen molar-refractivity contribution in [3.8, 4) is 5.75 Å². The lowest BCUT2D eigenvalue weighted by atomic mass is 9.78. The molecule has 2 aliphatic rings. The normalized spacial score (nSPS) is 28.7. The highest BCUT2D eigenvalue weighted by atomic mass is 16.5. The Bertz CT molecular complexity index is 576. The van der Waals surface area contributed by atoms with Crippen LogP contribution in [-0.4, -0.2) is 18.9 Å². The van der Waals surface area contributed by atoms with Crippen molar-refractivity contribution in [3.05, 3.63) is 36.4 Å². The molecule has 3 atom stereocenters. The molecule has 1 aliphatic heterocycles. The van der Waals surface area contributed by atoms with Crippen LogP contribution in [0.15, 0.2) is 36.4 Å². The van der Waals surface area contributed by atoms with Crippen LogP contribution in [0.3, 0.4) is 0 Å². The van der Waals surface area contributed by atoms with Crippen molar-refractivity contribution in [2.45, 2.75) is 13.3 Å². The first-order valence-electron chi connectivity index (χ1n) is 6.82. The van der Waals surface area contributed by atoms with E-state index in [0.29, 0.717) is 17.9 Å². The van der Waals surface area contributed by atoms with Crippen molar-refractivity contribution in [3.63, 3.8) is 0 Å². The third kappa shape index (κ3) is 1.83. The van der Waals surface area contributed by atoms with Crippen LogP contribution in [0.2, 0.25) is 0 Å². The Morgan fingerprint density at radius 1 is 1.15 bits per heavy atom. The van der Waals surface area contributed by atoms with Crippen molar-refractivity contribution in [1.82, 2.24) is 0 Å². The number of hydrogen-bond acceptors (Lipinski definition) is 3. The highest BCUT2D eigenvalue weighted by Crippen LogP contribution is 2.40. The molecule has 0 bridgehead atoms. The topological polar surface area (TPSA) is 46.6 Å². The zero-order valence-electron chi connectivity index (χ0n) is 11.6. The Hall–Kier alpha value is -2.10. The number of allylic oxidation sites excluding steroid dienone is 2.